The number of thioether (sulfide) groups is 1. The summed E-state index contributed by atoms with van der Waals surface area (Å²) in [7, 11) is 4.10. The van der Waals surface area contributed by atoms with Crippen LogP contribution in [0.3, 0.4) is 0 Å². The molecule has 2 aliphatic heterocycles. The zero-order valence-electron chi connectivity index (χ0n) is 13.0. The van der Waals surface area contributed by atoms with Crippen LogP contribution in [0.1, 0.15) is 47.0 Å². The average Bonchev–Trinajstić information content (AvgIpc) is 2.66. The standard InChI is InChI=1S/C9H16N2OS.C3H8.C2H6/c1-10-5-3-9(4-6-10)11(2)8(12)7-13-9;1-3-2;1-2/h3-7H2,1-2H3;3H2,1-2H3;1-2H3. The highest BCUT2D eigenvalue weighted by atomic mass is 32.2. The maximum Gasteiger partial charge on any atom is 0.233 e. The SMILES string of the molecule is CC.CCC.CN1CCC2(CC1)SCC(=O)N2C. The third-order valence-corrected chi connectivity index (χ3v) is 4.83. The first-order valence-electron chi connectivity index (χ1n) is 7.15. The van der Waals surface area contributed by atoms with Crippen LogP contribution in [0.4, 0.5) is 0 Å². The minimum absolute atomic E-state index is 0.142. The molecule has 0 aromatic carbocycles. The van der Waals surface area contributed by atoms with Gasteiger partial charge in [-0.2, -0.15) is 0 Å². The van der Waals surface area contributed by atoms with Crippen LogP contribution < -0.4 is 0 Å². The second-order valence-corrected chi connectivity index (χ2v) is 6.04. The van der Waals surface area contributed by atoms with Crippen LogP contribution in [0.15, 0.2) is 0 Å². The molecular formula is C14H30N2OS. The van der Waals surface area contributed by atoms with Gasteiger partial charge in [0.15, 0.2) is 0 Å². The van der Waals surface area contributed by atoms with Crippen LogP contribution in [0.5, 0.6) is 0 Å². The van der Waals surface area contributed by atoms with Crippen molar-refractivity contribution in [3.05, 3.63) is 0 Å². The van der Waals surface area contributed by atoms with E-state index in [9.17, 15) is 4.79 Å². The fourth-order valence-electron chi connectivity index (χ4n) is 2.06. The number of nitrogens with zero attached hydrogens (tertiary/aromatic N) is 2. The van der Waals surface area contributed by atoms with Gasteiger partial charge in [0, 0.05) is 20.1 Å². The van der Waals surface area contributed by atoms with Crippen molar-refractivity contribution < 1.29 is 4.79 Å². The first-order chi connectivity index (χ1) is 8.55. The summed E-state index contributed by atoms with van der Waals surface area (Å²) in [5.74, 6) is 0.981. The van der Waals surface area contributed by atoms with E-state index >= 15 is 0 Å². The lowest BCUT2D eigenvalue weighted by molar-refractivity contribution is -0.129. The fourth-order valence-corrected chi connectivity index (χ4v) is 3.42. The summed E-state index contributed by atoms with van der Waals surface area (Å²) < 4.78 is 0. The van der Waals surface area contributed by atoms with E-state index in [2.05, 4.69) is 25.8 Å². The number of carbonyl (C=O) groups is 1. The lowest BCUT2D eigenvalue weighted by Crippen LogP contribution is -2.49. The van der Waals surface area contributed by atoms with Gasteiger partial charge in [0.05, 0.1) is 10.6 Å². The van der Waals surface area contributed by atoms with E-state index in [0.717, 1.165) is 25.9 Å². The molecule has 108 valence electrons. The van der Waals surface area contributed by atoms with Crippen LogP contribution in [0, 0.1) is 0 Å². The zero-order chi connectivity index (χ0) is 14.2. The van der Waals surface area contributed by atoms with E-state index in [0.29, 0.717) is 11.7 Å². The van der Waals surface area contributed by atoms with Crippen molar-refractivity contribution >= 4 is 17.7 Å². The minimum Gasteiger partial charge on any atom is -0.330 e. The monoisotopic (exact) mass is 274 g/mol. The van der Waals surface area contributed by atoms with E-state index in [1.807, 2.05) is 37.6 Å². The summed E-state index contributed by atoms with van der Waals surface area (Å²) in [6.07, 6.45) is 3.49. The van der Waals surface area contributed by atoms with Crippen molar-refractivity contribution in [2.45, 2.75) is 51.8 Å². The molecule has 2 saturated heterocycles. The molecule has 0 aromatic rings. The van der Waals surface area contributed by atoms with Crippen molar-refractivity contribution in [3.8, 4) is 0 Å². The van der Waals surface area contributed by atoms with Gasteiger partial charge in [0.25, 0.3) is 0 Å². The fraction of sp³-hybridized carbons (Fsp3) is 0.929. The number of rotatable bonds is 0. The molecule has 2 aliphatic rings. The van der Waals surface area contributed by atoms with Crippen LogP contribution in [0.25, 0.3) is 0 Å². The number of amides is 1. The Bertz CT molecular complexity index is 238. The summed E-state index contributed by atoms with van der Waals surface area (Å²) in [6.45, 7) is 10.5. The topological polar surface area (TPSA) is 23.6 Å². The summed E-state index contributed by atoms with van der Waals surface area (Å²) in [5, 5.41) is 0. The average molecular weight is 274 g/mol. The summed E-state index contributed by atoms with van der Waals surface area (Å²) in [5.41, 5.74) is 0. The Morgan fingerprint density at radius 3 is 1.94 bits per heavy atom. The molecule has 0 bridgehead atoms. The summed E-state index contributed by atoms with van der Waals surface area (Å²) in [4.78, 5) is 15.9. The highest BCUT2D eigenvalue weighted by Crippen LogP contribution is 2.42. The minimum atomic E-state index is 0.142. The van der Waals surface area contributed by atoms with Gasteiger partial charge < -0.3 is 9.80 Å². The molecule has 1 spiro atoms. The van der Waals surface area contributed by atoms with Gasteiger partial charge in [0.2, 0.25) is 5.91 Å². The van der Waals surface area contributed by atoms with Gasteiger partial charge in [-0.3, -0.25) is 4.79 Å². The summed E-state index contributed by atoms with van der Waals surface area (Å²) in [6, 6.07) is 0. The molecular weight excluding hydrogens is 244 g/mol. The van der Waals surface area contributed by atoms with Gasteiger partial charge in [-0.1, -0.05) is 34.1 Å². The van der Waals surface area contributed by atoms with Crippen molar-refractivity contribution in [1.82, 2.24) is 9.80 Å². The van der Waals surface area contributed by atoms with Crippen LogP contribution in [-0.2, 0) is 4.79 Å². The van der Waals surface area contributed by atoms with Crippen molar-refractivity contribution in [2.24, 2.45) is 0 Å². The Hall–Kier alpha value is -0.220. The predicted octanol–water partition coefficient (Wildman–Crippen LogP) is 3.06. The maximum atomic E-state index is 11.4. The molecule has 2 rings (SSSR count). The van der Waals surface area contributed by atoms with Gasteiger partial charge in [-0.25, -0.2) is 0 Å². The predicted molar refractivity (Wildman–Crippen MR) is 82.0 cm³/mol. The Balaban J connectivity index is 0.000000509. The molecule has 0 atom stereocenters. The first kappa shape index (κ1) is 17.8. The van der Waals surface area contributed by atoms with E-state index in [-0.39, 0.29) is 4.87 Å². The Morgan fingerprint density at radius 2 is 1.61 bits per heavy atom. The van der Waals surface area contributed by atoms with E-state index in [1.165, 1.54) is 6.42 Å². The molecule has 0 saturated carbocycles. The van der Waals surface area contributed by atoms with E-state index < -0.39 is 0 Å². The molecule has 0 aliphatic carbocycles. The molecule has 18 heavy (non-hydrogen) atoms. The smallest absolute Gasteiger partial charge is 0.233 e. The molecule has 0 radical (unpaired) electrons. The van der Waals surface area contributed by atoms with Gasteiger partial charge in [-0.05, 0) is 19.9 Å². The van der Waals surface area contributed by atoms with Crippen LogP contribution >= 0.6 is 11.8 Å². The molecule has 2 fully saturated rings. The second-order valence-electron chi connectivity index (χ2n) is 4.70. The molecule has 0 N–H and O–H groups in total. The normalized spacial score (nSPS) is 22.1. The molecule has 0 aromatic heterocycles. The highest BCUT2D eigenvalue weighted by molar-refractivity contribution is 8.01. The van der Waals surface area contributed by atoms with E-state index in [1.54, 1.807) is 0 Å². The van der Waals surface area contributed by atoms with E-state index in [4.69, 9.17) is 0 Å². The molecule has 0 unspecified atom stereocenters. The lowest BCUT2D eigenvalue weighted by atomic mass is 10.0. The number of hydrogen-bond donors (Lipinski definition) is 0. The lowest BCUT2D eigenvalue weighted by Gasteiger charge is -2.41. The van der Waals surface area contributed by atoms with Crippen molar-refractivity contribution in [3.63, 3.8) is 0 Å². The van der Waals surface area contributed by atoms with Gasteiger partial charge in [0.1, 0.15) is 0 Å². The largest absolute Gasteiger partial charge is 0.330 e. The second kappa shape index (κ2) is 8.81. The Kier molecular flexibility index (Phi) is 8.70. The highest BCUT2D eigenvalue weighted by Gasteiger charge is 2.45. The Morgan fingerprint density at radius 1 is 1.17 bits per heavy atom. The maximum absolute atomic E-state index is 11.4. The number of carbonyl (C=O) groups excluding carboxylic acids is 1. The number of hydrogen-bond acceptors (Lipinski definition) is 3. The zero-order valence-corrected chi connectivity index (χ0v) is 13.8. The molecule has 3 nitrogen and oxygen atoms in total. The summed E-state index contributed by atoms with van der Waals surface area (Å²) >= 11 is 1.83. The molecule has 2 heterocycles. The number of likely N-dealkylation sites (tertiary alicyclic amines) is 1. The third-order valence-electron chi connectivity index (χ3n) is 3.22. The van der Waals surface area contributed by atoms with Gasteiger partial charge in [-0.15, -0.1) is 11.8 Å². The quantitative estimate of drug-likeness (QED) is 0.678. The Labute approximate surface area is 117 Å². The van der Waals surface area contributed by atoms with Crippen molar-refractivity contribution in [1.29, 1.82) is 0 Å². The van der Waals surface area contributed by atoms with Gasteiger partial charge >= 0.3 is 0 Å². The third kappa shape index (κ3) is 4.47. The first-order valence-corrected chi connectivity index (χ1v) is 8.13. The molecule has 4 heteroatoms. The molecule has 1 amide bonds. The number of piperidine rings is 1. The van der Waals surface area contributed by atoms with Crippen molar-refractivity contribution in [2.75, 3.05) is 32.9 Å². The van der Waals surface area contributed by atoms with Crippen LogP contribution in [-0.4, -0.2) is 53.5 Å². The van der Waals surface area contributed by atoms with Crippen LogP contribution in [0.2, 0.25) is 0 Å².